The number of sulfone groups is 1. The molecule has 1 aromatic heterocycles. The summed E-state index contributed by atoms with van der Waals surface area (Å²) in [6, 6.07) is 0. The Labute approximate surface area is 130 Å². The number of nitrogens with zero attached hydrogens (tertiary/aromatic N) is 1. The number of nitrogen functional groups attached to an aromatic ring is 1. The minimum Gasteiger partial charge on any atom is -0.396 e. The van der Waals surface area contributed by atoms with Crippen LogP contribution in [0, 0.1) is 0 Å². The molecule has 0 aromatic carbocycles. The summed E-state index contributed by atoms with van der Waals surface area (Å²) in [5.74, 6) is -0.0950. The van der Waals surface area contributed by atoms with Gasteiger partial charge in [-0.05, 0) is 19.3 Å². The second kappa shape index (κ2) is 6.36. The first-order chi connectivity index (χ1) is 9.92. The van der Waals surface area contributed by atoms with Gasteiger partial charge in [-0.2, -0.15) is 0 Å². The van der Waals surface area contributed by atoms with Crippen molar-refractivity contribution in [3.8, 4) is 0 Å². The molecule has 118 valence electrons. The Balaban J connectivity index is 2.59. The van der Waals surface area contributed by atoms with Crippen LogP contribution in [-0.4, -0.2) is 33.0 Å². The summed E-state index contributed by atoms with van der Waals surface area (Å²) < 4.78 is 24.8. The lowest BCUT2D eigenvalue weighted by molar-refractivity contribution is 0.0992. The highest BCUT2D eigenvalue weighted by molar-refractivity contribution is 7.92. The van der Waals surface area contributed by atoms with E-state index in [1.54, 1.807) is 13.8 Å². The number of carbonyl (C=O) groups excluding carboxylic acids is 1. The fraction of sp³-hybridized carbons (Fsp3) is 0.643. The molecular weight excluding hydrogens is 308 g/mol. The highest BCUT2D eigenvalue weighted by Gasteiger charge is 2.31. The van der Waals surface area contributed by atoms with Crippen molar-refractivity contribution in [2.24, 2.45) is 0 Å². The van der Waals surface area contributed by atoms with Gasteiger partial charge in [0.05, 0.1) is 16.3 Å². The third-order valence-corrected chi connectivity index (χ3v) is 7.02. The van der Waals surface area contributed by atoms with Gasteiger partial charge in [0.15, 0.2) is 15.6 Å². The number of hydrogen-bond donors (Lipinski definition) is 1. The molecule has 2 heterocycles. The minimum atomic E-state index is -3.44. The minimum absolute atomic E-state index is 0.00543. The number of Topliss-reactive ketones (excluding diaryl/α,β-unsaturated/α-hetero) is 1. The maximum Gasteiger partial charge on any atom is 0.183 e. The number of thiophene rings is 1. The molecular formula is C14H22N2O3S2. The monoisotopic (exact) mass is 330 g/mol. The first kappa shape index (κ1) is 16.3. The third kappa shape index (κ3) is 3.08. The van der Waals surface area contributed by atoms with E-state index in [9.17, 15) is 13.2 Å². The van der Waals surface area contributed by atoms with Crippen LogP contribution in [0.4, 0.5) is 10.7 Å². The van der Waals surface area contributed by atoms with Gasteiger partial charge >= 0.3 is 0 Å². The maximum absolute atomic E-state index is 12.4. The van der Waals surface area contributed by atoms with Crippen LogP contribution in [0.25, 0.3) is 0 Å². The van der Waals surface area contributed by atoms with E-state index in [-0.39, 0.29) is 22.1 Å². The summed E-state index contributed by atoms with van der Waals surface area (Å²) in [5.41, 5.74) is 6.18. The zero-order valence-electron chi connectivity index (χ0n) is 12.5. The third-order valence-electron chi connectivity index (χ3n) is 3.79. The molecule has 0 unspecified atom stereocenters. The number of ketones is 1. The molecule has 0 bridgehead atoms. The number of nitrogens with two attached hydrogens (primary N) is 1. The van der Waals surface area contributed by atoms with Crippen LogP contribution in [0.3, 0.4) is 0 Å². The van der Waals surface area contributed by atoms with Gasteiger partial charge in [0, 0.05) is 19.5 Å². The predicted octanol–water partition coefficient (Wildman–Crippen LogP) is 2.71. The Morgan fingerprint density at radius 3 is 2.38 bits per heavy atom. The van der Waals surface area contributed by atoms with Gasteiger partial charge < -0.3 is 10.6 Å². The van der Waals surface area contributed by atoms with Crippen LogP contribution < -0.4 is 10.6 Å². The van der Waals surface area contributed by atoms with Gasteiger partial charge in [0.25, 0.3) is 0 Å². The first-order valence-electron chi connectivity index (χ1n) is 7.35. The molecule has 0 radical (unpaired) electrons. The zero-order valence-corrected chi connectivity index (χ0v) is 14.1. The van der Waals surface area contributed by atoms with Crippen molar-refractivity contribution < 1.29 is 13.2 Å². The van der Waals surface area contributed by atoms with E-state index in [2.05, 4.69) is 4.90 Å². The standard InChI is InChI=1S/C14H22N2O3S2/c1-3-10(17)12-11(15)13(21(18,19)4-2)14(20-12)16-8-6-5-7-9-16/h3-9,15H2,1-2H3. The molecule has 1 aromatic rings. The molecule has 21 heavy (non-hydrogen) atoms. The maximum atomic E-state index is 12.4. The molecule has 1 aliphatic heterocycles. The highest BCUT2D eigenvalue weighted by atomic mass is 32.2. The lowest BCUT2D eigenvalue weighted by atomic mass is 10.1. The molecule has 1 saturated heterocycles. The summed E-state index contributed by atoms with van der Waals surface area (Å²) in [4.78, 5) is 14.7. The molecule has 7 heteroatoms. The zero-order chi connectivity index (χ0) is 15.6. The van der Waals surface area contributed by atoms with Crippen LogP contribution >= 0.6 is 11.3 Å². The lowest BCUT2D eigenvalue weighted by Gasteiger charge is -2.28. The number of piperidine rings is 1. The van der Waals surface area contributed by atoms with Crippen LogP contribution in [0.5, 0.6) is 0 Å². The van der Waals surface area contributed by atoms with Crippen molar-refractivity contribution in [3.63, 3.8) is 0 Å². The van der Waals surface area contributed by atoms with Gasteiger partial charge in [-0.15, -0.1) is 11.3 Å². The second-order valence-electron chi connectivity index (χ2n) is 5.21. The summed E-state index contributed by atoms with van der Waals surface area (Å²) in [5, 5.41) is 0.658. The van der Waals surface area contributed by atoms with Gasteiger partial charge in [0.2, 0.25) is 0 Å². The Kier molecular flexibility index (Phi) is 4.93. The van der Waals surface area contributed by atoms with E-state index in [1.807, 2.05) is 0 Å². The molecule has 0 spiro atoms. The van der Waals surface area contributed by atoms with E-state index in [4.69, 9.17) is 5.73 Å². The largest absolute Gasteiger partial charge is 0.396 e. The van der Waals surface area contributed by atoms with Crippen molar-refractivity contribution in [3.05, 3.63) is 4.88 Å². The first-order valence-corrected chi connectivity index (χ1v) is 9.82. The molecule has 0 aliphatic carbocycles. The van der Waals surface area contributed by atoms with Crippen molar-refractivity contribution in [2.45, 2.75) is 44.4 Å². The van der Waals surface area contributed by atoms with Crippen molar-refractivity contribution >= 4 is 37.6 Å². The van der Waals surface area contributed by atoms with Gasteiger partial charge in [-0.25, -0.2) is 8.42 Å². The van der Waals surface area contributed by atoms with Crippen LogP contribution in [0.2, 0.25) is 0 Å². The van der Waals surface area contributed by atoms with E-state index < -0.39 is 9.84 Å². The normalized spacial score (nSPS) is 16.2. The van der Waals surface area contributed by atoms with E-state index >= 15 is 0 Å². The van der Waals surface area contributed by atoms with E-state index in [0.29, 0.717) is 16.3 Å². The average Bonchev–Trinajstić information content (AvgIpc) is 2.85. The lowest BCUT2D eigenvalue weighted by Crippen LogP contribution is -2.30. The molecule has 0 saturated carbocycles. The fourth-order valence-corrected chi connectivity index (χ4v) is 5.40. The van der Waals surface area contributed by atoms with Crippen molar-refractivity contribution in [2.75, 3.05) is 29.5 Å². The number of rotatable bonds is 5. The predicted molar refractivity (Wildman–Crippen MR) is 87.1 cm³/mol. The highest BCUT2D eigenvalue weighted by Crippen LogP contribution is 2.43. The summed E-state index contributed by atoms with van der Waals surface area (Å²) in [6.07, 6.45) is 3.57. The number of anilines is 2. The van der Waals surface area contributed by atoms with Crippen LogP contribution in [-0.2, 0) is 9.84 Å². The second-order valence-corrected chi connectivity index (χ2v) is 8.42. The van der Waals surface area contributed by atoms with Gasteiger partial charge in [-0.3, -0.25) is 4.79 Å². The molecule has 0 atom stereocenters. The summed E-state index contributed by atoms with van der Waals surface area (Å²) in [7, 11) is -3.44. The number of hydrogen-bond acceptors (Lipinski definition) is 6. The van der Waals surface area contributed by atoms with Crippen LogP contribution in [0.1, 0.15) is 49.2 Å². The van der Waals surface area contributed by atoms with E-state index in [1.165, 1.54) is 11.3 Å². The van der Waals surface area contributed by atoms with E-state index in [0.717, 1.165) is 32.4 Å². The smallest absolute Gasteiger partial charge is 0.183 e. The summed E-state index contributed by atoms with van der Waals surface area (Å²) in [6.45, 7) is 5.02. The van der Waals surface area contributed by atoms with Crippen molar-refractivity contribution in [1.82, 2.24) is 0 Å². The molecule has 1 aliphatic rings. The SMILES string of the molecule is CCC(=O)c1sc(N2CCCCC2)c(S(=O)(=O)CC)c1N. The molecule has 1 fully saturated rings. The Morgan fingerprint density at radius 1 is 1.24 bits per heavy atom. The quantitative estimate of drug-likeness (QED) is 0.840. The molecule has 2 rings (SSSR count). The van der Waals surface area contributed by atoms with Crippen molar-refractivity contribution in [1.29, 1.82) is 0 Å². The Bertz CT molecular complexity index is 629. The van der Waals surface area contributed by atoms with Gasteiger partial charge in [-0.1, -0.05) is 13.8 Å². The molecule has 0 amide bonds. The average molecular weight is 330 g/mol. The molecule has 5 nitrogen and oxygen atoms in total. The number of carbonyl (C=O) groups is 1. The topological polar surface area (TPSA) is 80.5 Å². The van der Waals surface area contributed by atoms with Crippen LogP contribution in [0.15, 0.2) is 4.90 Å². The molecule has 2 N–H and O–H groups in total. The summed E-state index contributed by atoms with van der Waals surface area (Å²) >= 11 is 1.24. The fourth-order valence-electron chi connectivity index (χ4n) is 2.53. The Hall–Kier alpha value is -1.08. The Morgan fingerprint density at radius 2 is 1.86 bits per heavy atom. The van der Waals surface area contributed by atoms with Gasteiger partial charge in [0.1, 0.15) is 9.90 Å².